The maximum atomic E-state index is 5.35. The molecule has 2 atom stereocenters. The van der Waals surface area contributed by atoms with E-state index in [1.165, 1.54) is 0 Å². The lowest BCUT2D eigenvalue weighted by molar-refractivity contribution is 0.117. The Bertz CT molecular complexity index is 198. The summed E-state index contributed by atoms with van der Waals surface area (Å²) in [6, 6.07) is 0.583. The number of hydrogen-bond acceptors (Lipinski definition) is 3. The minimum absolute atomic E-state index is 0.410. The zero-order chi connectivity index (χ0) is 12.8. The predicted octanol–water partition coefficient (Wildman–Crippen LogP) is 1.88. The standard InChI is InChI=1S/C14H30N2O/c1-10(2)14(11(3)4)9-15-7-12-6-13(17-5)8-16-12/h10-16H,6-9H2,1-5H3. The van der Waals surface area contributed by atoms with Gasteiger partial charge in [0, 0.05) is 26.2 Å². The minimum Gasteiger partial charge on any atom is -0.380 e. The number of nitrogens with one attached hydrogen (secondary N) is 2. The maximum Gasteiger partial charge on any atom is 0.0711 e. The van der Waals surface area contributed by atoms with E-state index in [9.17, 15) is 0 Å². The van der Waals surface area contributed by atoms with Crippen molar-refractivity contribution in [3.05, 3.63) is 0 Å². The van der Waals surface area contributed by atoms with Crippen LogP contribution in [0.25, 0.3) is 0 Å². The zero-order valence-electron chi connectivity index (χ0n) is 12.1. The minimum atomic E-state index is 0.410. The van der Waals surface area contributed by atoms with Gasteiger partial charge in [0.25, 0.3) is 0 Å². The molecular formula is C14H30N2O. The summed E-state index contributed by atoms with van der Waals surface area (Å²) in [7, 11) is 1.80. The van der Waals surface area contributed by atoms with Crippen LogP contribution in [0.1, 0.15) is 34.1 Å². The van der Waals surface area contributed by atoms with Crippen molar-refractivity contribution in [2.45, 2.75) is 46.3 Å². The average Bonchev–Trinajstić information content (AvgIpc) is 2.71. The SMILES string of the molecule is COC1CNC(CNCC(C(C)C)C(C)C)C1. The molecule has 102 valence electrons. The van der Waals surface area contributed by atoms with Gasteiger partial charge in [-0.2, -0.15) is 0 Å². The molecule has 1 fully saturated rings. The first-order valence-electron chi connectivity index (χ1n) is 7.01. The summed E-state index contributed by atoms with van der Waals surface area (Å²) >= 11 is 0. The normalized spacial score (nSPS) is 25.4. The monoisotopic (exact) mass is 242 g/mol. The van der Waals surface area contributed by atoms with Crippen molar-refractivity contribution in [2.24, 2.45) is 17.8 Å². The zero-order valence-corrected chi connectivity index (χ0v) is 12.1. The average molecular weight is 242 g/mol. The Morgan fingerprint density at radius 2 is 1.88 bits per heavy atom. The second-order valence-corrected chi connectivity index (χ2v) is 6.01. The molecule has 1 rings (SSSR count). The van der Waals surface area contributed by atoms with Crippen LogP contribution < -0.4 is 10.6 Å². The predicted molar refractivity (Wildman–Crippen MR) is 73.2 cm³/mol. The van der Waals surface area contributed by atoms with Crippen molar-refractivity contribution in [3.8, 4) is 0 Å². The molecule has 2 N–H and O–H groups in total. The van der Waals surface area contributed by atoms with E-state index in [-0.39, 0.29) is 0 Å². The van der Waals surface area contributed by atoms with Crippen molar-refractivity contribution < 1.29 is 4.74 Å². The van der Waals surface area contributed by atoms with Crippen molar-refractivity contribution in [2.75, 3.05) is 26.7 Å². The van der Waals surface area contributed by atoms with Crippen LogP contribution in [-0.4, -0.2) is 38.9 Å². The van der Waals surface area contributed by atoms with Gasteiger partial charge in [-0.15, -0.1) is 0 Å². The highest BCUT2D eigenvalue weighted by atomic mass is 16.5. The Kier molecular flexibility index (Phi) is 6.45. The lowest BCUT2D eigenvalue weighted by atomic mass is 9.85. The van der Waals surface area contributed by atoms with Crippen LogP contribution in [0.5, 0.6) is 0 Å². The third-order valence-electron chi connectivity index (χ3n) is 4.00. The highest BCUT2D eigenvalue weighted by molar-refractivity contribution is 4.84. The molecule has 1 saturated heterocycles. The number of rotatable bonds is 7. The number of methoxy groups -OCH3 is 1. The van der Waals surface area contributed by atoms with Gasteiger partial charge in [0.2, 0.25) is 0 Å². The fraction of sp³-hybridized carbons (Fsp3) is 1.00. The summed E-state index contributed by atoms with van der Waals surface area (Å²) in [6.45, 7) is 12.5. The summed E-state index contributed by atoms with van der Waals surface area (Å²) in [5.41, 5.74) is 0. The van der Waals surface area contributed by atoms with Crippen LogP contribution in [0, 0.1) is 17.8 Å². The van der Waals surface area contributed by atoms with Gasteiger partial charge in [0.1, 0.15) is 0 Å². The molecule has 1 heterocycles. The lowest BCUT2D eigenvalue weighted by Gasteiger charge is -2.26. The van der Waals surface area contributed by atoms with Crippen LogP contribution in [0.4, 0.5) is 0 Å². The molecule has 0 saturated carbocycles. The molecule has 0 aromatic rings. The maximum absolute atomic E-state index is 5.35. The highest BCUT2D eigenvalue weighted by Crippen LogP contribution is 2.19. The van der Waals surface area contributed by atoms with Crippen molar-refractivity contribution in [1.29, 1.82) is 0 Å². The third-order valence-corrected chi connectivity index (χ3v) is 4.00. The summed E-state index contributed by atoms with van der Waals surface area (Å²) in [5.74, 6) is 2.28. The molecule has 1 aliphatic rings. The number of hydrogen-bond donors (Lipinski definition) is 2. The Morgan fingerprint density at radius 3 is 2.35 bits per heavy atom. The molecule has 1 aliphatic heterocycles. The van der Waals surface area contributed by atoms with Crippen molar-refractivity contribution in [3.63, 3.8) is 0 Å². The molecule has 0 spiro atoms. The Balaban J connectivity index is 2.18. The lowest BCUT2D eigenvalue weighted by Crippen LogP contribution is -2.38. The van der Waals surface area contributed by atoms with E-state index in [4.69, 9.17) is 4.74 Å². The van der Waals surface area contributed by atoms with Crippen molar-refractivity contribution in [1.82, 2.24) is 10.6 Å². The Labute approximate surface area is 107 Å². The van der Waals surface area contributed by atoms with Crippen LogP contribution in [0.15, 0.2) is 0 Å². The molecule has 0 amide bonds. The molecule has 0 aromatic heterocycles. The molecule has 0 aliphatic carbocycles. The molecule has 0 aromatic carbocycles. The van der Waals surface area contributed by atoms with Crippen LogP contribution in [0.2, 0.25) is 0 Å². The van der Waals surface area contributed by atoms with E-state index in [0.717, 1.165) is 43.8 Å². The van der Waals surface area contributed by atoms with Gasteiger partial charge in [-0.05, 0) is 30.7 Å². The highest BCUT2D eigenvalue weighted by Gasteiger charge is 2.24. The van der Waals surface area contributed by atoms with Gasteiger partial charge in [0.15, 0.2) is 0 Å². The summed E-state index contributed by atoms with van der Waals surface area (Å²) in [6.07, 6.45) is 1.55. The van der Waals surface area contributed by atoms with E-state index in [2.05, 4.69) is 38.3 Å². The third kappa shape index (κ3) is 4.94. The molecule has 3 nitrogen and oxygen atoms in total. The largest absolute Gasteiger partial charge is 0.380 e. The summed E-state index contributed by atoms with van der Waals surface area (Å²) < 4.78 is 5.35. The summed E-state index contributed by atoms with van der Waals surface area (Å²) in [4.78, 5) is 0. The van der Waals surface area contributed by atoms with Crippen LogP contribution >= 0.6 is 0 Å². The molecule has 17 heavy (non-hydrogen) atoms. The van der Waals surface area contributed by atoms with Gasteiger partial charge in [-0.25, -0.2) is 0 Å². The van der Waals surface area contributed by atoms with E-state index in [1.54, 1.807) is 7.11 Å². The molecular weight excluding hydrogens is 212 g/mol. The van der Waals surface area contributed by atoms with Crippen LogP contribution in [-0.2, 0) is 4.74 Å². The van der Waals surface area contributed by atoms with E-state index in [1.807, 2.05) is 0 Å². The summed E-state index contributed by atoms with van der Waals surface area (Å²) in [5, 5.41) is 7.12. The molecule has 0 radical (unpaired) electrons. The first-order chi connectivity index (χ1) is 8.04. The van der Waals surface area contributed by atoms with Crippen LogP contribution in [0.3, 0.4) is 0 Å². The van der Waals surface area contributed by atoms with E-state index in [0.29, 0.717) is 12.1 Å². The van der Waals surface area contributed by atoms with Gasteiger partial charge < -0.3 is 15.4 Å². The van der Waals surface area contributed by atoms with Crippen molar-refractivity contribution >= 4 is 0 Å². The van der Waals surface area contributed by atoms with Gasteiger partial charge in [-0.3, -0.25) is 0 Å². The topological polar surface area (TPSA) is 33.3 Å². The number of ether oxygens (including phenoxy) is 1. The molecule has 2 unspecified atom stereocenters. The molecule has 3 heteroatoms. The second kappa shape index (κ2) is 7.34. The second-order valence-electron chi connectivity index (χ2n) is 6.01. The molecule has 0 bridgehead atoms. The Hall–Kier alpha value is -0.120. The first-order valence-corrected chi connectivity index (χ1v) is 7.01. The first kappa shape index (κ1) is 14.9. The van der Waals surface area contributed by atoms with Gasteiger partial charge in [0.05, 0.1) is 6.10 Å². The quantitative estimate of drug-likeness (QED) is 0.715. The van der Waals surface area contributed by atoms with Gasteiger partial charge in [-0.1, -0.05) is 27.7 Å². The smallest absolute Gasteiger partial charge is 0.0711 e. The van der Waals surface area contributed by atoms with E-state index >= 15 is 0 Å². The van der Waals surface area contributed by atoms with E-state index < -0.39 is 0 Å². The van der Waals surface area contributed by atoms with Gasteiger partial charge >= 0.3 is 0 Å². The fourth-order valence-corrected chi connectivity index (χ4v) is 2.78. The fourth-order valence-electron chi connectivity index (χ4n) is 2.78. The Morgan fingerprint density at radius 1 is 1.24 bits per heavy atom.